The highest BCUT2D eigenvalue weighted by atomic mass is 16.7. The molecule has 0 saturated heterocycles. The molecule has 6 heteroatoms. The van der Waals surface area contributed by atoms with Gasteiger partial charge in [-0.15, -0.1) is 0 Å². The third-order valence-electron chi connectivity index (χ3n) is 11.0. The molecule has 34 heavy (non-hydrogen) atoms. The average molecular weight is 479 g/mol. The van der Waals surface area contributed by atoms with Crippen LogP contribution in [0.2, 0.25) is 0 Å². The van der Waals surface area contributed by atoms with E-state index in [0.717, 1.165) is 38.5 Å². The van der Waals surface area contributed by atoms with E-state index in [-0.39, 0.29) is 48.2 Å². The van der Waals surface area contributed by atoms with Crippen molar-refractivity contribution in [2.45, 2.75) is 111 Å². The van der Waals surface area contributed by atoms with Gasteiger partial charge in [-0.3, -0.25) is 9.59 Å². The number of hydrogen-bond acceptors (Lipinski definition) is 6. The monoisotopic (exact) mass is 478 g/mol. The van der Waals surface area contributed by atoms with Crippen LogP contribution in [0.25, 0.3) is 0 Å². The van der Waals surface area contributed by atoms with Gasteiger partial charge in [-0.1, -0.05) is 27.7 Å². The number of carbonyl (C=O) groups excluding carboxylic acids is 2. The lowest BCUT2D eigenvalue weighted by molar-refractivity contribution is -0.175. The Labute approximate surface area is 205 Å². The molecule has 4 aliphatic carbocycles. The summed E-state index contributed by atoms with van der Waals surface area (Å²) in [5, 5.41) is 21.9. The maximum Gasteiger partial charge on any atom is 0.308 e. The second-order valence-corrected chi connectivity index (χ2v) is 12.4. The summed E-state index contributed by atoms with van der Waals surface area (Å²) in [6.45, 7) is 8.40. The Kier molecular flexibility index (Phi) is 7.69. The standard InChI is InChI=1S/C28H46O6/c1-5-25(31)33-16-34-26(32)11-6-17(2)21-9-10-22-20-8-7-18-14-19(29)12-13-27(18,3)23(20)15-24(30)28(21,22)4/h17-24,29-30H,5-16H2,1-4H3/t17-,18-,19-,20?,21?,22?,23?,24+,27+,28-/m1/s1. The van der Waals surface area contributed by atoms with E-state index < -0.39 is 0 Å². The van der Waals surface area contributed by atoms with Crippen LogP contribution in [0.15, 0.2) is 0 Å². The molecule has 0 radical (unpaired) electrons. The molecule has 0 spiro atoms. The number of carbonyl (C=O) groups is 2. The Morgan fingerprint density at radius 3 is 2.44 bits per heavy atom. The number of hydrogen-bond donors (Lipinski definition) is 2. The molecule has 4 aliphatic rings. The number of aliphatic hydroxyl groups is 2. The molecule has 0 aromatic rings. The highest BCUT2D eigenvalue weighted by Gasteiger charge is 2.63. The van der Waals surface area contributed by atoms with Gasteiger partial charge >= 0.3 is 11.9 Å². The van der Waals surface area contributed by atoms with Crippen LogP contribution in [0.3, 0.4) is 0 Å². The average Bonchev–Trinajstić information content (AvgIpc) is 3.17. The van der Waals surface area contributed by atoms with E-state index in [1.807, 2.05) is 0 Å². The van der Waals surface area contributed by atoms with Crippen molar-refractivity contribution in [3.8, 4) is 0 Å². The van der Waals surface area contributed by atoms with E-state index >= 15 is 0 Å². The molecule has 4 rings (SSSR count). The molecule has 0 aromatic heterocycles. The predicted molar refractivity (Wildman–Crippen MR) is 128 cm³/mol. The van der Waals surface area contributed by atoms with Gasteiger partial charge in [-0.2, -0.15) is 0 Å². The zero-order valence-electron chi connectivity index (χ0n) is 21.6. The van der Waals surface area contributed by atoms with Gasteiger partial charge in [0.25, 0.3) is 0 Å². The Morgan fingerprint density at radius 2 is 1.71 bits per heavy atom. The van der Waals surface area contributed by atoms with Crippen molar-refractivity contribution in [1.29, 1.82) is 0 Å². The molecule has 6 nitrogen and oxygen atoms in total. The summed E-state index contributed by atoms with van der Waals surface area (Å²) in [4.78, 5) is 23.4. The molecule has 0 aromatic carbocycles. The van der Waals surface area contributed by atoms with Gasteiger partial charge < -0.3 is 19.7 Å². The van der Waals surface area contributed by atoms with E-state index in [2.05, 4.69) is 20.8 Å². The van der Waals surface area contributed by atoms with Crippen molar-refractivity contribution in [2.75, 3.05) is 6.79 Å². The van der Waals surface area contributed by atoms with Gasteiger partial charge in [0.2, 0.25) is 6.79 Å². The summed E-state index contributed by atoms with van der Waals surface area (Å²) >= 11 is 0. The molecular weight excluding hydrogens is 432 g/mol. The maximum atomic E-state index is 12.2. The summed E-state index contributed by atoms with van der Waals surface area (Å²) < 4.78 is 9.91. The molecule has 4 fully saturated rings. The lowest BCUT2D eigenvalue weighted by Crippen LogP contribution is -2.58. The van der Waals surface area contributed by atoms with Crippen molar-refractivity contribution in [1.82, 2.24) is 0 Å². The minimum absolute atomic E-state index is 0.0987. The van der Waals surface area contributed by atoms with Gasteiger partial charge in [0.15, 0.2) is 0 Å². The Hall–Kier alpha value is -1.14. The van der Waals surface area contributed by atoms with Crippen molar-refractivity contribution >= 4 is 11.9 Å². The highest BCUT2D eigenvalue weighted by molar-refractivity contribution is 5.70. The first-order valence-corrected chi connectivity index (χ1v) is 13.8. The number of rotatable bonds is 7. The van der Waals surface area contributed by atoms with Gasteiger partial charge in [-0.05, 0) is 104 Å². The smallest absolute Gasteiger partial charge is 0.308 e. The second-order valence-electron chi connectivity index (χ2n) is 12.4. The second kappa shape index (κ2) is 10.1. The van der Waals surface area contributed by atoms with Crippen LogP contribution in [0.1, 0.15) is 98.3 Å². The van der Waals surface area contributed by atoms with Crippen molar-refractivity contribution < 1.29 is 29.3 Å². The van der Waals surface area contributed by atoms with E-state index in [0.29, 0.717) is 41.9 Å². The minimum Gasteiger partial charge on any atom is -0.428 e. The molecule has 4 saturated carbocycles. The van der Waals surface area contributed by atoms with Crippen LogP contribution < -0.4 is 0 Å². The highest BCUT2D eigenvalue weighted by Crippen LogP contribution is 2.68. The van der Waals surface area contributed by atoms with Crippen molar-refractivity contribution in [3.63, 3.8) is 0 Å². The van der Waals surface area contributed by atoms with Crippen LogP contribution in [-0.2, 0) is 19.1 Å². The van der Waals surface area contributed by atoms with E-state index in [1.54, 1.807) is 6.92 Å². The fourth-order valence-electron chi connectivity index (χ4n) is 9.04. The summed E-state index contributed by atoms with van der Waals surface area (Å²) in [7, 11) is 0. The molecule has 0 amide bonds. The zero-order chi connectivity index (χ0) is 24.7. The van der Waals surface area contributed by atoms with Crippen LogP contribution in [0.4, 0.5) is 0 Å². The Bertz CT molecular complexity index is 753. The number of aliphatic hydroxyl groups excluding tert-OH is 2. The predicted octanol–water partition coefficient (Wildman–Crippen LogP) is 4.85. The topological polar surface area (TPSA) is 93.1 Å². The van der Waals surface area contributed by atoms with Crippen LogP contribution >= 0.6 is 0 Å². The Morgan fingerprint density at radius 1 is 0.971 bits per heavy atom. The molecule has 0 heterocycles. The number of ether oxygens (including phenoxy) is 2. The first kappa shape index (κ1) is 25.9. The van der Waals surface area contributed by atoms with E-state index in [9.17, 15) is 19.8 Å². The lowest BCUT2D eigenvalue weighted by atomic mass is 9.43. The zero-order valence-corrected chi connectivity index (χ0v) is 21.6. The minimum atomic E-state index is -0.372. The van der Waals surface area contributed by atoms with Crippen LogP contribution in [0, 0.1) is 46.3 Å². The van der Waals surface area contributed by atoms with Crippen LogP contribution in [0.5, 0.6) is 0 Å². The third kappa shape index (κ3) is 4.54. The van der Waals surface area contributed by atoms with Crippen molar-refractivity contribution in [2.24, 2.45) is 46.3 Å². The SMILES string of the molecule is CCC(=O)OCOC(=O)CC[C@@H](C)C1CCC2C3CC[C@@H]4C[C@H](O)CC[C@]4(C)C3C[C@H](O)[C@@]21C. The van der Waals surface area contributed by atoms with E-state index in [4.69, 9.17) is 9.47 Å². The molecule has 10 atom stereocenters. The molecule has 2 N–H and O–H groups in total. The summed E-state index contributed by atoms with van der Waals surface area (Å²) in [6, 6.07) is 0. The normalized spacial score (nSPS) is 44.4. The van der Waals surface area contributed by atoms with Gasteiger partial charge in [0.1, 0.15) is 0 Å². The summed E-state index contributed by atoms with van der Waals surface area (Å²) in [5.74, 6) is 2.38. The van der Waals surface area contributed by atoms with Gasteiger partial charge in [0.05, 0.1) is 12.2 Å². The first-order valence-electron chi connectivity index (χ1n) is 13.8. The third-order valence-corrected chi connectivity index (χ3v) is 11.0. The largest absolute Gasteiger partial charge is 0.428 e. The molecule has 0 aliphatic heterocycles. The fourth-order valence-corrected chi connectivity index (χ4v) is 9.04. The first-order chi connectivity index (χ1) is 16.1. The Balaban J connectivity index is 1.38. The van der Waals surface area contributed by atoms with Crippen molar-refractivity contribution in [3.05, 3.63) is 0 Å². The van der Waals surface area contributed by atoms with Gasteiger partial charge in [0, 0.05) is 12.8 Å². The number of fused-ring (bicyclic) bond motifs is 5. The molecule has 0 bridgehead atoms. The maximum absolute atomic E-state index is 12.2. The molecule has 194 valence electrons. The lowest BCUT2D eigenvalue weighted by Gasteiger charge is -2.62. The summed E-state index contributed by atoms with van der Waals surface area (Å²) in [6.07, 6.45) is 9.40. The summed E-state index contributed by atoms with van der Waals surface area (Å²) in [5.41, 5.74) is 0.150. The van der Waals surface area contributed by atoms with E-state index in [1.165, 1.54) is 19.3 Å². The van der Waals surface area contributed by atoms with Gasteiger partial charge in [-0.25, -0.2) is 0 Å². The number of esters is 2. The molecule has 4 unspecified atom stereocenters. The van der Waals surface area contributed by atoms with Crippen LogP contribution in [-0.4, -0.2) is 41.2 Å². The molecular formula is C28H46O6. The fraction of sp³-hybridized carbons (Fsp3) is 0.929. The quantitative estimate of drug-likeness (QED) is 0.401.